The summed E-state index contributed by atoms with van der Waals surface area (Å²) in [6.07, 6.45) is 4.58. The molecule has 0 saturated carbocycles. The summed E-state index contributed by atoms with van der Waals surface area (Å²) in [7, 11) is 0. The Morgan fingerprint density at radius 3 is 2.71 bits per heavy atom. The number of pyridine rings is 1. The van der Waals surface area contributed by atoms with Crippen molar-refractivity contribution in [3.63, 3.8) is 0 Å². The normalized spacial score (nSPS) is 10.2. The number of carboxylic acid groups (broad SMARTS) is 1. The van der Waals surface area contributed by atoms with Crippen molar-refractivity contribution in [2.75, 3.05) is 6.61 Å². The van der Waals surface area contributed by atoms with E-state index in [2.05, 4.69) is 11.9 Å². The molecule has 0 spiro atoms. The van der Waals surface area contributed by atoms with Crippen molar-refractivity contribution < 1.29 is 14.6 Å². The van der Waals surface area contributed by atoms with Crippen molar-refractivity contribution in [3.05, 3.63) is 23.4 Å². The van der Waals surface area contributed by atoms with Gasteiger partial charge in [0.15, 0.2) is 0 Å². The van der Waals surface area contributed by atoms with Crippen LogP contribution in [0, 0.1) is 6.92 Å². The molecule has 0 aromatic carbocycles. The number of nitrogens with zero attached hydrogens (tertiary/aromatic N) is 1. The lowest BCUT2D eigenvalue weighted by Crippen LogP contribution is -2.04. The SMILES string of the molecule is CCCCCCOc1ccc(C(=O)O)c(C)n1. The first-order chi connectivity index (χ1) is 8.15. The fraction of sp³-hybridized carbons (Fsp3) is 0.538. The molecule has 0 atom stereocenters. The standard InChI is InChI=1S/C13H19NO3/c1-3-4-5-6-9-17-12-8-7-11(13(15)16)10(2)14-12/h7-8H,3-6,9H2,1-2H3,(H,15,16). The second kappa shape index (κ2) is 6.89. The van der Waals surface area contributed by atoms with Gasteiger partial charge in [0.25, 0.3) is 0 Å². The van der Waals surface area contributed by atoms with Crippen LogP contribution >= 0.6 is 0 Å². The van der Waals surface area contributed by atoms with Gasteiger partial charge in [0, 0.05) is 6.07 Å². The fourth-order valence-electron chi connectivity index (χ4n) is 1.55. The van der Waals surface area contributed by atoms with Crippen molar-refractivity contribution in [1.82, 2.24) is 4.98 Å². The molecular formula is C13H19NO3. The van der Waals surface area contributed by atoms with E-state index < -0.39 is 5.97 Å². The third-order valence-electron chi connectivity index (χ3n) is 2.54. The molecule has 0 aliphatic carbocycles. The lowest BCUT2D eigenvalue weighted by Gasteiger charge is -2.06. The summed E-state index contributed by atoms with van der Waals surface area (Å²) < 4.78 is 5.46. The van der Waals surface area contributed by atoms with Crippen LogP contribution in [-0.2, 0) is 0 Å². The number of aryl methyl sites for hydroxylation is 1. The average Bonchev–Trinajstić information content (AvgIpc) is 2.28. The van der Waals surface area contributed by atoms with E-state index in [1.165, 1.54) is 18.9 Å². The van der Waals surface area contributed by atoms with Gasteiger partial charge >= 0.3 is 5.97 Å². The van der Waals surface area contributed by atoms with Crippen LogP contribution in [0.25, 0.3) is 0 Å². The predicted octanol–water partition coefficient (Wildman–Crippen LogP) is 3.05. The van der Waals surface area contributed by atoms with E-state index in [0.717, 1.165) is 12.8 Å². The minimum atomic E-state index is -0.954. The maximum atomic E-state index is 10.8. The average molecular weight is 237 g/mol. The highest BCUT2D eigenvalue weighted by atomic mass is 16.5. The van der Waals surface area contributed by atoms with E-state index in [0.29, 0.717) is 18.2 Å². The second-order valence-electron chi connectivity index (χ2n) is 4.00. The highest BCUT2D eigenvalue weighted by molar-refractivity contribution is 5.88. The predicted molar refractivity (Wildman–Crippen MR) is 65.6 cm³/mol. The molecule has 17 heavy (non-hydrogen) atoms. The number of carbonyl (C=O) groups is 1. The van der Waals surface area contributed by atoms with Crippen LogP contribution < -0.4 is 4.74 Å². The fourth-order valence-corrected chi connectivity index (χ4v) is 1.55. The van der Waals surface area contributed by atoms with Crippen LogP contribution in [0.5, 0.6) is 5.88 Å². The third-order valence-corrected chi connectivity index (χ3v) is 2.54. The molecule has 0 aliphatic rings. The van der Waals surface area contributed by atoms with E-state index in [1.54, 1.807) is 13.0 Å². The number of hydrogen-bond acceptors (Lipinski definition) is 3. The van der Waals surface area contributed by atoms with Gasteiger partial charge in [-0.15, -0.1) is 0 Å². The van der Waals surface area contributed by atoms with Gasteiger partial charge < -0.3 is 9.84 Å². The van der Waals surface area contributed by atoms with Crippen LogP contribution in [0.2, 0.25) is 0 Å². The molecule has 4 heteroatoms. The molecule has 1 N–H and O–H groups in total. The number of ether oxygens (including phenoxy) is 1. The van der Waals surface area contributed by atoms with Gasteiger partial charge in [-0.1, -0.05) is 26.2 Å². The Bertz CT molecular complexity index is 377. The van der Waals surface area contributed by atoms with Gasteiger partial charge in [0.1, 0.15) is 0 Å². The molecule has 0 radical (unpaired) electrons. The zero-order valence-corrected chi connectivity index (χ0v) is 10.4. The van der Waals surface area contributed by atoms with Crippen LogP contribution in [0.15, 0.2) is 12.1 Å². The molecule has 1 rings (SSSR count). The Morgan fingerprint density at radius 1 is 1.35 bits per heavy atom. The number of rotatable bonds is 7. The molecule has 1 aromatic heterocycles. The molecule has 0 amide bonds. The molecule has 94 valence electrons. The van der Waals surface area contributed by atoms with E-state index in [4.69, 9.17) is 9.84 Å². The zero-order chi connectivity index (χ0) is 12.7. The summed E-state index contributed by atoms with van der Waals surface area (Å²) in [4.78, 5) is 14.9. The lowest BCUT2D eigenvalue weighted by atomic mass is 10.2. The first-order valence-electron chi connectivity index (χ1n) is 5.99. The van der Waals surface area contributed by atoms with E-state index in [1.807, 2.05) is 0 Å². The Balaban J connectivity index is 2.45. The first-order valence-corrected chi connectivity index (χ1v) is 5.99. The molecule has 0 bridgehead atoms. The molecule has 0 saturated heterocycles. The van der Waals surface area contributed by atoms with Gasteiger partial charge in [-0.2, -0.15) is 0 Å². The number of aromatic carboxylic acids is 1. The lowest BCUT2D eigenvalue weighted by molar-refractivity contribution is 0.0695. The van der Waals surface area contributed by atoms with Crippen LogP contribution in [0.1, 0.15) is 48.7 Å². The van der Waals surface area contributed by atoms with E-state index in [-0.39, 0.29) is 5.56 Å². The second-order valence-corrected chi connectivity index (χ2v) is 4.00. The Labute approximate surface area is 102 Å². The van der Waals surface area contributed by atoms with Crippen LogP contribution in [0.4, 0.5) is 0 Å². The zero-order valence-electron chi connectivity index (χ0n) is 10.4. The quantitative estimate of drug-likeness (QED) is 0.740. The van der Waals surface area contributed by atoms with Crippen LogP contribution in [0.3, 0.4) is 0 Å². The minimum absolute atomic E-state index is 0.225. The van der Waals surface area contributed by atoms with Crippen molar-refractivity contribution in [3.8, 4) is 5.88 Å². The van der Waals surface area contributed by atoms with E-state index in [9.17, 15) is 4.79 Å². The third kappa shape index (κ3) is 4.43. The number of carboxylic acids is 1. The van der Waals surface area contributed by atoms with Gasteiger partial charge in [-0.3, -0.25) is 0 Å². The molecule has 1 heterocycles. The number of hydrogen-bond donors (Lipinski definition) is 1. The monoisotopic (exact) mass is 237 g/mol. The van der Waals surface area contributed by atoms with Crippen LogP contribution in [-0.4, -0.2) is 22.7 Å². The van der Waals surface area contributed by atoms with Crippen molar-refractivity contribution in [2.45, 2.75) is 39.5 Å². The molecule has 0 aliphatic heterocycles. The summed E-state index contributed by atoms with van der Waals surface area (Å²) in [5.41, 5.74) is 0.715. The van der Waals surface area contributed by atoms with Gasteiger partial charge in [-0.25, -0.2) is 9.78 Å². The Morgan fingerprint density at radius 2 is 2.12 bits per heavy atom. The largest absolute Gasteiger partial charge is 0.478 e. The number of unbranched alkanes of at least 4 members (excludes halogenated alkanes) is 3. The minimum Gasteiger partial charge on any atom is -0.478 e. The molecule has 1 aromatic rings. The highest BCUT2D eigenvalue weighted by Gasteiger charge is 2.08. The smallest absolute Gasteiger partial charge is 0.337 e. The van der Waals surface area contributed by atoms with E-state index >= 15 is 0 Å². The summed E-state index contributed by atoms with van der Waals surface area (Å²) >= 11 is 0. The summed E-state index contributed by atoms with van der Waals surface area (Å²) in [5.74, 6) is -0.450. The summed E-state index contributed by atoms with van der Waals surface area (Å²) in [6, 6.07) is 3.14. The van der Waals surface area contributed by atoms with Gasteiger partial charge in [-0.05, 0) is 19.4 Å². The molecule has 4 nitrogen and oxygen atoms in total. The summed E-state index contributed by atoms with van der Waals surface area (Å²) in [6.45, 7) is 4.47. The molecule has 0 unspecified atom stereocenters. The van der Waals surface area contributed by atoms with Crippen molar-refractivity contribution >= 4 is 5.97 Å². The molecular weight excluding hydrogens is 218 g/mol. The maximum Gasteiger partial charge on any atom is 0.337 e. The van der Waals surface area contributed by atoms with Gasteiger partial charge in [0.2, 0.25) is 5.88 Å². The Kier molecular flexibility index (Phi) is 5.46. The van der Waals surface area contributed by atoms with Crippen molar-refractivity contribution in [1.29, 1.82) is 0 Å². The summed E-state index contributed by atoms with van der Waals surface area (Å²) in [5, 5.41) is 8.85. The Hall–Kier alpha value is -1.58. The topological polar surface area (TPSA) is 59.4 Å². The first kappa shape index (κ1) is 13.5. The maximum absolute atomic E-state index is 10.8. The number of aromatic nitrogens is 1. The molecule has 0 fully saturated rings. The van der Waals surface area contributed by atoms with Gasteiger partial charge in [0.05, 0.1) is 17.9 Å². The van der Waals surface area contributed by atoms with Crippen molar-refractivity contribution in [2.24, 2.45) is 0 Å². The highest BCUT2D eigenvalue weighted by Crippen LogP contribution is 2.13.